The number of rotatable bonds is 8. The predicted molar refractivity (Wildman–Crippen MR) is 142 cm³/mol. The Morgan fingerprint density at radius 1 is 1.22 bits per heavy atom. The third-order valence-corrected chi connectivity index (χ3v) is 10.5. The number of hydrogen-bond acceptors (Lipinski definition) is 6. The van der Waals surface area contributed by atoms with E-state index < -0.39 is 17.3 Å². The summed E-state index contributed by atoms with van der Waals surface area (Å²) in [5, 5.41) is 22.4. The van der Waals surface area contributed by atoms with E-state index in [-0.39, 0.29) is 47.1 Å². The van der Waals surface area contributed by atoms with E-state index in [2.05, 4.69) is 33.8 Å². The van der Waals surface area contributed by atoms with Crippen molar-refractivity contribution in [1.29, 1.82) is 0 Å². The van der Waals surface area contributed by atoms with Gasteiger partial charge >= 0.3 is 5.97 Å². The highest BCUT2D eigenvalue weighted by molar-refractivity contribution is 6.01. The van der Waals surface area contributed by atoms with Gasteiger partial charge in [0.1, 0.15) is 6.10 Å². The SMILES string of the molecule is CC(=O)O[C@@H]1C[C@@H]2[C@H](CCC3=CC(=O)C=C[C@@]32C)[C@@H]2C[C@H](O[C@H](C)O)[C@H]([C@@](C)(O)CCCC(C)C)[C@@]12C. The molecular weight excluding hydrogens is 468 g/mol. The quantitative estimate of drug-likeness (QED) is 0.333. The molecule has 2 N–H and O–H groups in total. The van der Waals surface area contributed by atoms with Crippen LogP contribution in [0.2, 0.25) is 0 Å². The third-order valence-electron chi connectivity index (χ3n) is 10.5. The molecule has 4 aliphatic rings. The van der Waals surface area contributed by atoms with Crippen LogP contribution >= 0.6 is 0 Å². The van der Waals surface area contributed by atoms with E-state index in [4.69, 9.17) is 9.47 Å². The average molecular weight is 517 g/mol. The van der Waals surface area contributed by atoms with Gasteiger partial charge in [0.05, 0.1) is 11.7 Å². The summed E-state index contributed by atoms with van der Waals surface area (Å²) in [5.74, 6) is 0.719. The minimum atomic E-state index is -1.04. The molecule has 3 fully saturated rings. The van der Waals surface area contributed by atoms with E-state index in [9.17, 15) is 19.8 Å². The molecule has 0 spiro atoms. The third kappa shape index (κ3) is 5.10. The summed E-state index contributed by atoms with van der Waals surface area (Å²) < 4.78 is 12.3. The van der Waals surface area contributed by atoms with Crippen LogP contribution in [-0.2, 0) is 19.1 Å². The molecule has 6 nitrogen and oxygen atoms in total. The van der Waals surface area contributed by atoms with Gasteiger partial charge in [-0.2, -0.15) is 0 Å². The number of allylic oxidation sites excluding steroid dienone is 4. The molecule has 0 heterocycles. The number of aliphatic hydroxyl groups excluding tert-OH is 1. The molecule has 10 atom stereocenters. The number of ketones is 1. The Morgan fingerprint density at radius 3 is 2.54 bits per heavy atom. The van der Waals surface area contributed by atoms with Gasteiger partial charge in [0.25, 0.3) is 0 Å². The minimum absolute atomic E-state index is 0.0480. The summed E-state index contributed by atoms with van der Waals surface area (Å²) in [6.45, 7) is 13.8. The average Bonchev–Trinajstić information content (AvgIpc) is 3.07. The van der Waals surface area contributed by atoms with E-state index in [1.807, 2.05) is 6.92 Å². The molecule has 0 bridgehead atoms. The highest BCUT2D eigenvalue weighted by Crippen LogP contribution is 2.68. The lowest BCUT2D eigenvalue weighted by atomic mass is 9.46. The monoisotopic (exact) mass is 516 g/mol. The van der Waals surface area contributed by atoms with Crippen molar-refractivity contribution in [3.05, 3.63) is 23.8 Å². The normalized spacial score (nSPS) is 41.4. The Labute approximate surface area is 222 Å². The zero-order valence-electron chi connectivity index (χ0n) is 23.8. The zero-order valence-corrected chi connectivity index (χ0v) is 23.8. The number of carbonyl (C=O) groups excluding carboxylic acids is 2. The van der Waals surface area contributed by atoms with Crippen molar-refractivity contribution >= 4 is 11.8 Å². The molecule has 0 aromatic heterocycles. The first-order valence-electron chi connectivity index (χ1n) is 14.4. The van der Waals surface area contributed by atoms with Gasteiger partial charge in [0.15, 0.2) is 12.1 Å². The van der Waals surface area contributed by atoms with E-state index in [0.717, 1.165) is 25.7 Å². The molecule has 4 aliphatic carbocycles. The molecule has 0 radical (unpaired) electrons. The molecule has 0 aromatic carbocycles. The molecule has 0 unspecified atom stereocenters. The van der Waals surface area contributed by atoms with Crippen molar-refractivity contribution in [2.45, 2.75) is 118 Å². The smallest absolute Gasteiger partial charge is 0.302 e. The molecule has 4 rings (SSSR count). The van der Waals surface area contributed by atoms with Crippen LogP contribution in [0.1, 0.15) is 93.4 Å². The Bertz CT molecular complexity index is 947. The van der Waals surface area contributed by atoms with Crippen LogP contribution in [0.3, 0.4) is 0 Å². The zero-order chi connectivity index (χ0) is 27.3. The van der Waals surface area contributed by atoms with Crippen LogP contribution in [-0.4, -0.2) is 46.1 Å². The van der Waals surface area contributed by atoms with Gasteiger partial charge in [-0.3, -0.25) is 9.59 Å². The van der Waals surface area contributed by atoms with E-state index in [1.165, 1.54) is 12.5 Å². The van der Waals surface area contributed by atoms with E-state index >= 15 is 0 Å². The van der Waals surface area contributed by atoms with Crippen molar-refractivity contribution in [3.8, 4) is 0 Å². The first-order valence-corrected chi connectivity index (χ1v) is 14.4. The maximum Gasteiger partial charge on any atom is 0.302 e. The van der Waals surface area contributed by atoms with E-state index in [0.29, 0.717) is 31.1 Å². The Kier molecular flexibility index (Phi) is 7.89. The maximum absolute atomic E-state index is 12.4. The molecule has 0 aliphatic heterocycles. The number of aliphatic hydroxyl groups is 2. The van der Waals surface area contributed by atoms with Gasteiger partial charge in [0, 0.05) is 23.7 Å². The first kappa shape index (κ1) is 28.5. The van der Waals surface area contributed by atoms with Crippen LogP contribution in [0, 0.1) is 40.4 Å². The minimum Gasteiger partial charge on any atom is -0.462 e. The maximum atomic E-state index is 12.4. The second-order valence-electron chi connectivity index (χ2n) is 13.4. The van der Waals surface area contributed by atoms with Gasteiger partial charge in [-0.25, -0.2) is 0 Å². The summed E-state index contributed by atoms with van der Waals surface area (Å²) in [6, 6.07) is 0. The molecular formula is C31H48O6. The summed E-state index contributed by atoms with van der Waals surface area (Å²) in [4.78, 5) is 24.6. The topological polar surface area (TPSA) is 93.1 Å². The highest BCUT2D eigenvalue weighted by atomic mass is 16.6. The standard InChI is InChI=1S/C31H48O6/c1-18(2)9-8-13-30(6,35)28-26(36-19(3)32)16-25-23-11-10-21-15-22(34)12-14-29(21,5)24(23)17-27(31(25,28)7)37-20(4)33/h12,14-15,18-19,23-28,32,35H,8-11,13,16-17H2,1-7H3/t19-,23+,24-,25+,26+,27-,28-,29+,30+,31-/m1/s1. The van der Waals surface area contributed by atoms with E-state index in [1.54, 1.807) is 19.1 Å². The summed E-state index contributed by atoms with van der Waals surface area (Å²) in [7, 11) is 0. The summed E-state index contributed by atoms with van der Waals surface area (Å²) in [5.41, 5.74) is -0.614. The molecule has 208 valence electrons. The van der Waals surface area contributed by atoms with Crippen LogP contribution in [0.25, 0.3) is 0 Å². The van der Waals surface area contributed by atoms with Gasteiger partial charge in [-0.05, 0) is 81.8 Å². The number of carbonyl (C=O) groups is 2. The number of esters is 1. The van der Waals surface area contributed by atoms with Crippen molar-refractivity contribution in [2.24, 2.45) is 40.4 Å². The van der Waals surface area contributed by atoms with Crippen LogP contribution in [0.5, 0.6) is 0 Å². The highest BCUT2D eigenvalue weighted by Gasteiger charge is 2.69. The van der Waals surface area contributed by atoms with Crippen molar-refractivity contribution in [1.82, 2.24) is 0 Å². The number of ether oxygens (including phenoxy) is 2. The van der Waals surface area contributed by atoms with Gasteiger partial charge in [-0.1, -0.05) is 52.2 Å². The van der Waals surface area contributed by atoms with Crippen LogP contribution in [0.15, 0.2) is 23.8 Å². The summed E-state index contributed by atoms with van der Waals surface area (Å²) >= 11 is 0. The van der Waals surface area contributed by atoms with Gasteiger partial charge in [-0.15, -0.1) is 0 Å². The van der Waals surface area contributed by atoms with Crippen LogP contribution in [0.4, 0.5) is 0 Å². The fourth-order valence-electron chi connectivity index (χ4n) is 9.00. The lowest BCUT2D eigenvalue weighted by Gasteiger charge is -2.60. The van der Waals surface area contributed by atoms with Crippen molar-refractivity contribution in [2.75, 3.05) is 0 Å². The lowest BCUT2D eigenvalue weighted by molar-refractivity contribution is -0.210. The second kappa shape index (κ2) is 10.2. The van der Waals surface area contributed by atoms with Gasteiger partial charge in [0.2, 0.25) is 0 Å². The molecule has 37 heavy (non-hydrogen) atoms. The Morgan fingerprint density at radius 2 is 1.92 bits per heavy atom. The number of fused-ring (bicyclic) bond motifs is 5. The molecule has 3 saturated carbocycles. The van der Waals surface area contributed by atoms with Crippen molar-refractivity contribution < 1.29 is 29.3 Å². The summed E-state index contributed by atoms with van der Waals surface area (Å²) in [6.07, 6.45) is 9.69. The Balaban J connectivity index is 1.77. The van der Waals surface area contributed by atoms with Crippen LogP contribution < -0.4 is 0 Å². The fraction of sp³-hybridized carbons (Fsp3) is 0.806. The fourth-order valence-corrected chi connectivity index (χ4v) is 9.00. The Hall–Kier alpha value is -1.50. The number of hydrogen-bond donors (Lipinski definition) is 2. The molecule has 6 heteroatoms. The van der Waals surface area contributed by atoms with Crippen molar-refractivity contribution in [3.63, 3.8) is 0 Å². The largest absolute Gasteiger partial charge is 0.462 e. The molecule has 0 saturated heterocycles. The predicted octanol–water partition coefficient (Wildman–Crippen LogP) is 5.36. The van der Waals surface area contributed by atoms with Gasteiger partial charge < -0.3 is 19.7 Å². The lowest BCUT2D eigenvalue weighted by Crippen LogP contribution is -2.60. The molecule has 0 aromatic rings. The second-order valence-corrected chi connectivity index (χ2v) is 13.4. The molecule has 0 amide bonds. The first-order chi connectivity index (χ1) is 17.2.